The fraction of sp³-hybridized carbons (Fsp3) is 0.238. The van der Waals surface area contributed by atoms with Crippen molar-refractivity contribution in [2.45, 2.75) is 19.0 Å². The molecule has 7 nitrogen and oxygen atoms in total. The predicted octanol–water partition coefficient (Wildman–Crippen LogP) is 3.23. The molecule has 3 aromatic rings. The standard InChI is InChI=1S/C21H19FN4O3S/c1-29-10-4-9-26-20(28)15-8-7-13(11-17(15)25-21(26)30)19(27)24-18(12-23)14-5-2-3-6-16(14)22/h2-3,5-8,11,18H,4,9-10H2,1H3,(H,24,27)(H,25,30). The third-order valence-electron chi connectivity index (χ3n) is 4.60. The van der Waals surface area contributed by atoms with Gasteiger partial charge in [-0.15, -0.1) is 0 Å². The van der Waals surface area contributed by atoms with Crippen LogP contribution in [0.4, 0.5) is 4.39 Å². The minimum absolute atomic E-state index is 0.0764. The highest BCUT2D eigenvalue weighted by atomic mass is 32.1. The van der Waals surface area contributed by atoms with Gasteiger partial charge in [-0.2, -0.15) is 5.26 Å². The molecule has 0 aliphatic carbocycles. The number of carbonyl (C=O) groups excluding carboxylic acids is 1. The molecule has 1 aromatic heterocycles. The molecular weight excluding hydrogens is 407 g/mol. The Labute approximate surface area is 176 Å². The Balaban J connectivity index is 1.90. The molecule has 0 spiro atoms. The van der Waals surface area contributed by atoms with E-state index in [0.717, 1.165) is 0 Å². The lowest BCUT2D eigenvalue weighted by Gasteiger charge is -2.13. The first-order chi connectivity index (χ1) is 14.5. The highest BCUT2D eigenvalue weighted by Crippen LogP contribution is 2.18. The molecule has 1 heterocycles. The van der Waals surface area contributed by atoms with Crippen LogP contribution in [-0.4, -0.2) is 29.2 Å². The van der Waals surface area contributed by atoms with Crippen molar-refractivity contribution >= 4 is 29.0 Å². The smallest absolute Gasteiger partial charge is 0.262 e. The second-order valence-electron chi connectivity index (χ2n) is 6.55. The van der Waals surface area contributed by atoms with Crippen molar-refractivity contribution in [3.05, 3.63) is 74.5 Å². The van der Waals surface area contributed by atoms with E-state index in [0.29, 0.717) is 30.5 Å². The predicted molar refractivity (Wildman–Crippen MR) is 112 cm³/mol. The molecule has 154 valence electrons. The lowest BCUT2D eigenvalue weighted by atomic mass is 10.1. The van der Waals surface area contributed by atoms with E-state index in [4.69, 9.17) is 17.0 Å². The van der Waals surface area contributed by atoms with Crippen LogP contribution >= 0.6 is 12.2 Å². The van der Waals surface area contributed by atoms with Crippen LogP contribution in [0.3, 0.4) is 0 Å². The average molecular weight is 426 g/mol. The summed E-state index contributed by atoms with van der Waals surface area (Å²) in [5.74, 6) is -1.16. The van der Waals surface area contributed by atoms with Gasteiger partial charge >= 0.3 is 0 Å². The average Bonchev–Trinajstić information content (AvgIpc) is 2.74. The number of ether oxygens (including phenoxy) is 1. The molecule has 2 aromatic carbocycles. The van der Waals surface area contributed by atoms with Gasteiger partial charge in [0, 0.05) is 31.4 Å². The number of nitriles is 1. The summed E-state index contributed by atoms with van der Waals surface area (Å²) in [7, 11) is 1.58. The zero-order valence-corrected chi connectivity index (χ0v) is 17.0. The van der Waals surface area contributed by atoms with Gasteiger partial charge in [0.05, 0.1) is 17.0 Å². The summed E-state index contributed by atoms with van der Waals surface area (Å²) >= 11 is 5.27. The van der Waals surface area contributed by atoms with Crippen molar-refractivity contribution < 1.29 is 13.9 Å². The molecule has 2 N–H and O–H groups in total. The monoisotopic (exact) mass is 426 g/mol. The third-order valence-corrected chi connectivity index (χ3v) is 4.92. The molecule has 1 amide bonds. The number of nitrogens with zero attached hydrogens (tertiary/aromatic N) is 2. The van der Waals surface area contributed by atoms with Crippen molar-refractivity contribution in [3.8, 4) is 6.07 Å². The van der Waals surface area contributed by atoms with Crippen LogP contribution in [-0.2, 0) is 11.3 Å². The van der Waals surface area contributed by atoms with Crippen LogP contribution in [0, 0.1) is 21.9 Å². The van der Waals surface area contributed by atoms with Crippen LogP contribution in [0.15, 0.2) is 47.3 Å². The van der Waals surface area contributed by atoms with E-state index in [9.17, 15) is 19.2 Å². The van der Waals surface area contributed by atoms with Crippen LogP contribution < -0.4 is 10.9 Å². The Morgan fingerprint density at radius 3 is 2.83 bits per heavy atom. The second kappa shape index (κ2) is 9.43. The Morgan fingerprint density at radius 2 is 2.13 bits per heavy atom. The van der Waals surface area contributed by atoms with Crippen molar-refractivity contribution in [2.24, 2.45) is 0 Å². The van der Waals surface area contributed by atoms with E-state index >= 15 is 0 Å². The van der Waals surface area contributed by atoms with Crippen molar-refractivity contribution in [2.75, 3.05) is 13.7 Å². The summed E-state index contributed by atoms with van der Waals surface area (Å²) in [6, 6.07) is 11.0. The Kier molecular flexibility index (Phi) is 6.72. The first kappa shape index (κ1) is 21.4. The summed E-state index contributed by atoms with van der Waals surface area (Å²) in [4.78, 5) is 28.3. The molecule has 0 saturated carbocycles. The molecule has 9 heteroatoms. The molecular formula is C21H19FN4O3S. The molecule has 0 aliphatic rings. The zero-order chi connectivity index (χ0) is 21.7. The van der Waals surface area contributed by atoms with Gasteiger partial charge < -0.3 is 15.0 Å². The maximum atomic E-state index is 14.0. The second-order valence-corrected chi connectivity index (χ2v) is 6.94. The number of benzene rings is 2. The molecule has 0 radical (unpaired) electrons. The first-order valence-corrected chi connectivity index (χ1v) is 9.57. The number of nitrogens with one attached hydrogen (secondary N) is 2. The number of rotatable bonds is 7. The number of aromatic amines is 1. The topological polar surface area (TPSA) is 99.9 Å². The summed E-state index contributed by atoms with van der Waals surface area (Å²) < 4.78 is 20.6. The number of methoxy groups -OCH3 is 1. The maximum Gasteiger partial charge on any atom is 0.262 e. The number of amides is 1. The van der Waals surface area contributed by atoms with Gasteiger partial charge in [-0.3, -0.25) is 14.2 Å². The summed E-state index contributed by atoms with van der Waals surface area (Å²) in [5, 5.41) is 12.2. The van der Waals surface area contributed by atoms with E-state index in [-0.39, 0.29) is 21.5 Å². The molecule has 0 saturated heterocycles. The van der Waals surface area contributed by atoms with Gasteiger partial charge in [0.1, 0.15) is 11.9 Å². The van der Waals surface area contributed by atoms with E-state index < -0.39 is 17.8 Å². The lowest BCUT2D eigenvalue weighted by molar-refractivity contribution is 0.0945. The third kappa shape index (κ3) is 4.45. The zero-order valence-electron chi connectivity index (χ0n) is 16.1. The minimum Gasteiger partial charge on any atom is -0.385 e. The van der Waals surface area contributed by atoms with Crippen LogP contribution in [0.1, 0.15) is 28.4 Å². The van der Waals surface area contributed by atoms with E-state index in [2.05, 4.69) is 10.3 Å². The fourth-order valence-corrected chi connectivity index (χ4v) is 3.35. The summed E-state index contributed by atoms with van der Waals surface area (Å²) in [6.45, 7) is 0.910. The number of halogens is 1. The highest BCUT2D eigenvalue weighted by Gasteiger charge is 2.19. The lowest BCUT2D eigenvalue weighted by Crippen LogP contribution is -2.28. The largest absolute Gasteiger partial charge is 0.385 e. The van der Waals surface area contributed by atoms with Crippen LogP contribution in [0.2, 0.25) is 0 Å². The van der Waals surface area contributed by atoms with Crippen molar-refractivity contribution in [1.82, 2.24) is 14.9 Å². The van der Waals surface area contributed by atoms with Gasteiger partial charge in [-0.05, 0) is 42.9 Å². The molecule has 0 fully saturated rings. The van der Waals surface area contributed by atoms with Gasteiger partial charge in [0.2, 0.25) is 0 Å². The van der Waals surface area contributed by atoms with Crippen LogP contribution in [0.5, 0.6) is 0 Å². The van der Waals surface area contributed by atoms with Crippen LogP contribution in [0.25, 0.3) is 10.9 Å². The normalized spacial score (nSPS) is 11.8. The number of aromatic nitrogens is 2. The molecule has 0 aliphatic heterocycles. The van der Waals surface area contributed by atoms with Gasteiger partial charge in [-0.25, -0.2) is 4.39 Å². The SMILES string of the molecule is COCCCn1c(=S)[nH]c2cc(C(=O)NC(C#N)c3ccccc3F)ccc2c1=O. The quantitative estimate of drug-likeness (QED) is 0.446. The van der Waals surface area contributed by atoms with E-state index in [1.54, 1.807) is 13.2 Å². The first-order valence-electron chi connectivity index (χ1n) is 9.17. The van der Waals surface area contributed by atoms with Crippen molar-refractivity contribution in [3.63, 3.8) is 0 Å². The van der Waals surface area contributed by atoms with E-state index in [1.165, 1.54) is 41.0 Å². The summed E-state index contributed by atoms with van der Waals surface area (Å²) in [5.41, 5.74) is 0.423. The Bertz CT molecular complexity index is 1250. The van der Waals surface area contributed by atoms with Crippen molar-refractivity contribution in [1.29, 1.82) is 5.26 Å². The number of hydrogen-bond donors (Lipinski definition) is 2. The number of carbonyl (C=O) groups is 1. The van der Waals surface area contributed by atoms with Gasteiger partial charge in [0.25, 0.3) is 11.5 Å². The maximum absolute atomic E-state index is 14.0. The molecule has 3 rings (SSSR count). The highest BCUT2D eigenvalue weighted by molar-refractivity contribution is 7.71. The van der Waals surface area contributed by atoms with Gasteiger partial charge in [0.15, 0.2) is 4.77 Å². The summed E-state index contributed by atoms with van der Waals surface area (Å²) in [6.07, 6.45) is 0.630. The fourth-order valence-electron chi connectivity index (χ4n) is 3.07. The molecule has 30 heavy (non-hydrogen) atoms. The number of fused-ring (bicyclic) bond motifs is 1. The van der Waals surface area contributed by atoms with Gasteiger partial charge in [-0.1, -0.05) is 18.2 Å². The molecule has 0 bridgehead atoms. The van der Waals surface area contributed by atoms with E-state index in [1.807, 2.05) is 6.07 Å². The minimum atomic E-state index is -1.15. The number of H-pyrrole nitrogens is 1. The molecule has 1 atom stereocenters. The number of hydrogen-bond acceptors (Lipinski definition) is 5. The molecule has 1 unspecified atom stereocenters. The Morgan fingerprint density at radius 1 is 1.37 bits per heavy atom. The Hall–Kier alpha value is -3.35.